The monoisotopic (exact) mass is 392 g/mol. The number of aromatic nitrogens is 2. The molecular formula is C19H15ClF2N2OS. The molecule has 0 unspecified atom stereocenters. The second-order valence-corrected chi connectivity index (χ2v) is 6.74. The number of hydrogen-bond donors (Lipinski definition) is 0. The second-order valence-electron chi connectivity index (χ2n) is 5.39. The predicted molar refractivity (Wildman–Crippen MR) is 98.9 cm³/mol. The molecule has 0 radical (unpaired) electrons. The first kappa shape index (κ1) is 18.6. The van der Waals surface area contributed by atoms with Crippen molar-refractivity contribution in [1.82, 2.24) is 9.97 Å². The van der Waals surface area contributed by atoms with E-state index in [-0.39, 0.29) is 11.6 Å². The number of nitrogens with zero attached hydrogens (tertiary/aromatic N) is 2. The number of hydrogen-bond acceptors (Lipinski definition) is 4. The second kappa shape index (κ2) is 8.47. The average molecular weight is 393 g/mol. The Balaban J connectivity index is 1.81. The maximum absolute atomic E-state index is 13.8. The zero-order chi connectivity index (χ0) is 18.5. The summed E-state index contributed by atoms with van der Waals surface area (Å²) in [6, 6.07) is 12.3. The molecule has 0 atom stereocenters. The van der Waals surface area contributed by atoms with Crippen LogP contribution in [0.3, 0.4) is 0 Å². The van der Waals surface area contributed by atoms with Crippen LogP contribution in [0.4, 0.5) is 8.78 Å². The predicted octanol–water partition coefficient (Wildman–Crippen LogP) is 6.06. The van der Waals surface area contributed by atoms with Crippen molar-refractivity contribution < 1.29 is 13.5 Å². The highest BCUT2D eigenvalue weighted by molar-refractivity contribution is 7.98. The normalized spacial score (nSPS) is 10.8. The van der Waals surface area contributed by atoms with Crippen molar-refractivity contribution in [2.24, 2.45) is 0 Å². The molecule has 1 heterocycles. The van der Waals surface area contributed by atoms with Gasteiger partial charge in [0.2, 0.25) is 5.88 Å². The molecule has 3 nitrogen and oxygen atoms in total. The first-order chi connectivity index (χ1) is 12.5. The van der Waals surface area contributed by atoms with Crippen LogP contribution in [-0.2, 0) is 12.2 Å². The number of aryl methyl sites for hydroxylation is 1. The number of thioether (sulfide) groups is 1. The van der Waals surface area contributed by atoms with Crippen LogP contribution >= 0.6 is 23.4 Å². The van der Waals surface area contributed by atoms with Crippen LogP contribution in [0, 0.1) is 11.6 Å². The van der Waals surface area contributed by atoms with E-state index < -0.39 is 11.6 Å². The summed E-state index contributed by atoms with van der Waals surface area (Å²) < 4.78 is 32.3. The van der Waals surface area contributed by atoms with E-state index in [0.717, 1.165) is 23.4 Å². The molecule has 0 bridgehead atoms. The van der Waals surface area contributed by atoms with Crippen LogP contribution in [-0.4, -0.2) is 9.97 Å². The summed E-state index contributed by atoms with van der Waals surface area (Å²) in [4.78, 5) is 8.76. The van der Waals surface area contributed by atoms with Gasteiger partial charge in [-0.3, -0.25) is 0 Å². The van der Waals surface area contributed by atoms with Crippen molar-refractivity contribution in [2.45, 2.75) is 24.3 Å². The smallest absolute Gasteiger partial charge is 0.223 e. The maximum Gasteiger partial charge on any atom is 0.223 e. The Morgan fingerprint density at radius 3 is 2.62 bits per heavy atom. The standard InChI is InChI=1S/C19H15ClF2N2OS/c1-2-14-10-18(25-17-8-7-13(21)9-16(17)22)24-19(23-14)26-11-12-5-3-4-6-15(12)20/h3-10H,2,11H2,1H3. The van der Waals surface area contributed by atoms with Crippen LogP contribution in [0.5, 0.6) is 11.6 Å². The van der Waals surface area contributed by atoms with Gasteiger partial charge in [0.05, 0.1) is 0 Å². The first-order valence-corrected chi connectivity index (χ1v) is 9.28. The Morgan fingerprint density at radius 1 is 1.08 bits per heavy atom. The van der Waals surface area contributed by atoms with Gasteiger partial charge in [0, 0.05) is 28.6 Å². The largest absolute Gasteiger partial charge is 0.436 e. The van der Waals surface area contributed by atoms with Gasteiger partial charge in [-0.1, -0.05) is 48.5 Å². The minimum atomic E-state index is -0.785. The van der Waals surface area contributed by atoms with Gasteiger partial charge in [-0.15, -0.1) is 0 Å². The summed E-state index contributed by atoms with van der Waals surface area (Å²) in [7, 11) is 0. The van der Waals surface area contributed by atoms with Gasteiger partial charge in [0.15, 0.2) is 16.7 Å². The van der Waals surface area contributed by atoms with E-state index in [1.165, 1.54) is 17.8 Å². The molecule has 0 amide bonds. The molecule has 0 saturated heterocycles. The van der Waals surface area contributed by atoms with Gasteiger partial charge in [0.25, 0.3) is 0 Å². The van der Waals surface area contributed by atoms with E-state index in [2.05, 4.69) is 9.97 Å². The summed E-state index contributed by atoms with van der Waals surface area (Å²) in [6.45, 7) is 1.95. The van der Waals surface area contributed by atoms with Crippen molar-refractivity contribution in [1.29, 1.82) is 0 Å². The van der Waals surface area contributed by atoms with Crippen molar-refractivity contribution >= 4 is 23.4 Å². The topological polar surface area (TPSA) is 35.0 Å². The lowest BCUT2D eigenvalue weighted by Gasteiger charge is -2.09. The van der Waals surface area contributed by atoms with Gasteiger partial charge in [-0.05, 0) is 30.2 Å². The Labute approximate surface area is 159 Å². The van der Waals surface area contributed by atoms with Crippen molar-refractivity contribution in [2.75, 3.05) is 0 Å². The van der Waals surface area contributed by atoms with Gasteiger partial charge in [-0.25, -0.2) is 13.8 Å². The molecule has 2 aromatic carbocycles. The Hall–Kier alpha value is -2.18. The molecule has 0 aliphatic heterocycles. The lowest BCUT2D eigenvalue weighted by atomic mass is 10.2. The highest BCUT2D eigenvalue weighted by Gasteiger charge is 2.11. The van der Waals surface area contributed by atoms with E-state index in [0.29, 0.717) is 22.4 Å². The highest BCUT2D eigenvalue weighted by atomic mass is 35.5. The van der Waals surface area contributed by atoms with Crippen molar-refractivity contribution in [3.05, 3.63) is 76.4 Å². The third-order valence-electron chi connectivity index (χ3n) is 3.52. The molecule has 26 heavy (non-hydrogen) atoms. The average Bonchev–Trinajstić information content (AvgIpc) is 2.63. The molecular weight excluding hydrogens is 378 g/mol. The van der Waals surface area contributed by atoms with Gasteiger partial charge in [0.1, 0.15) is 5.82 Å². The van der Waals surface area contributed by atoms with Crippen molar-refractivity contribution in [3.8, 4) is 11.6 Å². The minimum Gasteiger partial charge on any atom is -0.436 e. The fourth-order valence-electron chi connectivity index (χ4n) is 2.18. The van der Waals surface area contributed by atoms with Crippen LogP contribution < -0.4 is 4.74 Å². The zero-order valence-electron chi connectivity index (χ0n) is 13.9. The fourth-order valence-corrected chi connectivity index (χ4v) is 3.33. The number of halogens is 3. The summed E-state index contributed by atoms with van der Waals surface area (Å²) in [5.41, 5.74) is 1.73. The molecule has 134 valence electrons. The number of rotatable bonds is 6. The SMILES string of the molecule is CCc1cc(Oc2ccc(F)cc2F)nc(SCc2ccccc2Cl)n1. The van der Waals surface area contributed by atoms with Crippen molar-refractivity contribution in [3.63, 3.8) is 0 Å². The summed E-state index contributed by atoms with van der Waals surface area (Å²) in [5, 5.41) is 1.18. The third-order valence-corrected chi connectivity index (χ3v) is 4.79. The Kier molecular flexibility index (Phi) is 6.06. The molecule has 0 saturated carbocycles. The zero-order valence-corrected chi connectivity index (χ0v) is 15.5. The van der Waals surface area contributed by atoms with Crippen LogP contribution in [0.1, 0.15) is 18.2 Å². The lowest BCUT2D eigenvalue weighted by molar-refractivity contribution is 0.417. The van der Waals surface area contributed by atoms with E-state index in [1.807, 2.05) is 31.2 Å². The molecule has 0 aliphatic rings. The molecule has 1 aromatic heterocycles. The molecule has 0 fully saturated rings. The number of ether oxygens (including phenoxy) is 1. The lowest BCUT2D eigenvalue weighted by Crippen LogP contribution is -1.98. The Bertz CT molecular complexity index is 924. The minimum absolute atomic E-state index is 0.0887. The molecule has 3 aromatic rings. The summed E-state index contributed by atoms with van der Waals surface area (Å²) in [6.07, 6.45) is 0.671. The molecule has 0 spiro atoms. The van der Waals surface area contributed by atoms with E-state index in [9.17, 15) is 8.78 Å². The highest BCUT2D eigenvalue weighted by Crippen LogP contribution is 2.28. The van der Waals surface area contributed by atoms with Crippen LogP contribution in [0.15, 0.2) is 53.7 Å². The molecule has 7 heteroatoms. The molecule has 0 aliphatic carbocycles. The third kappa shape index (κ3) is 4.71. The van der Waals surface area contributed by atoms with Crippen LogP contribution in [0.25, 0.3) is 0 Å². The van der Waals surface area contributed by atoms with E-state index in [1.54, 1.807) is 6.07 Å². The van der Waals surface area contributed by atoms with E-state index >= 15 is 0 Å². The first-order valence-electron chi connectivity index (χ1n) is 7.92. The molecule has 3 rings (SSSR count). The molecule has 0 N–H and O–H groups in total. The Morgan fingerprint density at radius 2 is 1.88 bits per heavy atom. The van der Waals surface area contributed by atoms with Gasteiger partial charge in [-0.2, -0.15) is 4.98 Å². The van der Waals surface area contributed by atoms with Crippen LogP contribution in [0.2, 0.25) is 5.02 Å². The summed E-state index contributed by atoms with van der Waals surface area (Å²) >= 11 is 7.57. The number of benzene rings is 2. The fraction of sp³-hybridized carbons (Fsp3) is 0.158. The summed E-state index contributed by atoms with van der Waals surface area (Å²) in [5.74, 6) is -0.732. The van der Waals surface area contributed by atoms with E-state index in [4.69, 9.17) is 16.3 Å². The maximum atomic E-state index is 13.8. The van der Waals surface area contributed by atoms with Gasteiger partial charge < -0.3 is 4.74 Å². The van der Waals surface area contributed by atoms with Gasteiger partial charge >= 0.3 is 0 Å². The quantitative estimate of drug-likeness (QED) is 0.377.